The van der Waals surface area contributed by atoms with Crippen LogP contribution in [-0.2, 0) is 4.79 Å². The second kappa shape index (κ2) is 5.77. The molecule has 0 aliphatic rings. The van der Waals surface area contributed by atoms with E-state index in [-0.39, 0.29) is 6.54 Å². The fourth-order valence-corrected chi connectivity index (χ4v) is 1.39. The molecule has 0 aliphatic carbocycles. The molecule has 0 fully saturated rings. The monoisotopic (exact) mass is 270 g/mol. The fraction of sp³-hybridized carbons (Fsp3) is 0.385. The Morgan fingerprint density at radius 3 is 2.42 bits per heavy atom. The molecule has 104 valence electrons. The van der Waals surface area contributed by atoms with Crippen molar-refractivity contribution in [3.63, 3.8) is 0 Å². The van der Waals surface area contributed by atoms with Gasteiger partial charge in [0.2, 0.25) is 5.91 Å². The highest BCUT2D eigenvalue weighted by Crippen LogP contribution is 2.09. The second-order valence-electron chi connectivity index (χ2n) is 5.11. The maximum absolute atomic E-state index is 13.3. The summed E-state index contributed by atoms with van der Waals surface area (Å²) in [6.07, 6.45) is 0. The highest BCUT2D eigenvalue weighted by Gasteiger charge is 2.16. The van der Waals surface area contributed by atoms with E-state index in [0.29, 0.717) is 0 Å². The van der Waals surface area contributed by atoms with Gasteiger partial charge in [-0.05, 0) is 39.0 Å². The number of hydrogen-bond acceptors (Lipinski definition) is 2. The number of carbonyl (C=O) groups is 2. The van der Waals surface area contributed by atoms with E-state index in [9.17, 15) is 18.4 Å². The smallest absolute Gasteiger partial charge is 0.254 e. The maximum Gasteiger partial charge on any atom is 0.254 e. The normalized spacial score (nSPS) is 11.0. The van der Waals surface area contributed by atoms with Crippen LogP contribution in [0.2, 0.25) is 0 Å². The van der Waals surface area contributed by atoms with Crippen molar-refractivity contribution in [3.05, 3.63) is 35.4 Å². The molecule has 0 saturated heterocycles. The van der Waals surface area contributed by atoms with E-state index in [1.165, 1.54) is 0 Å². The van der Waals surface area contributed by atoms with E-state index >= 15 is 0 Å². The van der Waals surface area contributed by atoms with Gasteiger partial charge in [0.1, 0.15) is 11.6 Å². The number of amides is 2. The molecule has 0 aliphatic heterocycles. The third-order valence-electron chi connectivity index (χ3n) is 2.10. The van der Waals surface area contributed by atoms with Gasteiger partial charge in [-0.1, -0.05) is 0 Å². The van der Waals surface area contributed by atoms with E-state index in [1.54, 1.807) is 20.8 Å². The largest absolute Gasteiger partial charge is 0.350 e. The van der Waals surface area contributed by atoms with Crippen LogP contribution in [0.25, 0.3) is 0 Å². The molecule has 1 rings (SSSR count). The standard InChI is InChI=1S/C13H16F2N2O2/c1-13(2,3)17-11(18)7-16-12(19)9-6-8(14)4-5-10(9)15/h4-6H,7H2,1-3H3,(H,16,19)(H,17,18). The number of halogens is 2. The molecule has 0 heterocycles. The van der Waals surface area contributed by atoms with Crippen LogP contribution in [0.4, 0.5) is 8.78 Å². The van der Waals surface area contributed by atoms with Gasteiger partial charge in [-0.15, -0.1) is 0 Å². The quantitative estimate of drug-likeness (QED) is 0.876. The lowest BCUT2D eigenvalue weighted by Gasteiger charge is -2.20. The molecule has 0 saturated carbocycles. The van der Waals surface area contributed by atoms with Gasteiger partial charge >= 0.3 is 0 Å². The van der Waals surface area contributed by atoms with Gasteiger partial charge in [0.15, 0.2) is 0 Å². The summed E-state index contributed by atoms with van der Waals surface area (Å²) in [5.41, 5.74) is -0.852. The van der Waals surface area contributed by atoms with Crippen LogP contribution in [0.15, 0.2) is 18.2 Å². The third-order valence-corrected chi connectivity index (χ3v) is 2.10. The number of hydrogen-bond donors (Lipinski definition) is 2. The lowest BCUT2D eigenvalue weighted by molar-refractivity contribution is -0.121. The van der Waals surface area contributed by atoms with E-state index in [0.717, 1.165) is 18.2 Å². The molecule has 1 aromatic carbocycles. The first-order valence-corrected chi connectivity index (χ1v) is 5.73. The number of nitrogens with one attached hydrogen (secondary N) is 2. The van der Waals surface area contributed by atoms with Gasteiger partial charge in [0.25, 0.3) is 5.91 Å². The zero-order valence-corrected chi connectivity index (χ0v) is 11.0. The molecule has 0 spiro atoms. The Labute approximate surface area is 110 Å². The minimum atomic E-state index is -0.838. The Balaban J connectivity index is 2.61. The molecule has 19 heavy (non-hydrogen) atoms. The summed E-state index contributed by atoms with van der Waals surface area (Å²) < 4.78 is 26.2. The van der Waals surface area contributed by atoms with Crippen LogP contribution < -0.4 is 10.6 Å². The van der Waals surface area contributed by atoms with Crippen LogP contribution in [0.5, 0.6) is 0 Å². The lowest BCUT2D eigenvalue weighted by Crippen LogP contribution is -2.45. The summed E-state index contributed by atoms with van der Waals surface area (Å²) in [4.78, 5) is 23.0. The van der Waals surface area contributed by atoms with Crippen molar-refractivity contribution >= 4 is 11.8 Å². The molecule has 2 N–H and O–H groups in total. The minimum absolute atomic E-state index is 0.300. The molecule has 0 bridgehead atoms. The fourth-order valence-electron chi connectivity index (χ4n) is 1.39. The van der Waals surface area contributed by atoms with E-state index in [1.807, 2.05) is 0 Å². The van der Waals surface area contributed by atoms with Crippen molar-refractivity contribution in [2.75, 3.05) is 6.54 Å². The molecular weight excluding hydrogens is 254 g/mol. The van der Waals surface area contributed by atoms with Crippen LogP contribution in [0, 0.1) is 11.6 Å². The van der Waals surface area contributed by atoms with Crippen LogP contribution in [-0.4, -0.2) is 23.9 Å². The number of benzene rings is 1. The van der Waals surface area contributed by atoms with Crippen LogP contribution in [0.1, 0.15) is 31.1 Å². The molecule has 0 unspecified atom stereocenters. The van der Waals surface area contributed by atoms with Gasteiger partial charge in [-0.3, -0.25) is 9.59 Å². The molecule has 0 atom stereocenters. The summed E-state index contributed by atoms with van der Waals surface area (Å²) in [6, 6.07) is 2.56. The van der Waals surface area contributed by atoms with Gasteiger partial charge in [0.05, 0.1) is 12.1 Å². The summed E-state index contributed by atoms with van der Waals surface area (Å²) in [6.45, 7) is 5.07. The molecule has 6 heteroatoms. The zero-order valence-electron chi connectivity index (χ0n) is 11.0. The van der Waals surface area contributed by atoms with Crippen molar-refractivity contribution in [2.45, 2.75) is 26.3 Å². The number of carbonyl (C=O) groups excluding carboxylic acids is 2. The van der Waals surface area contributed by atoms with Crippen molar-refractivity contribution in [2.24, 2.45) is 0 Å². The molecular formula is C13H16F2N2O2. The van der Waals surface area contributed by atoms with E-state index in [2.05, 4.69) is 10.6 Å². The van der Waals surface area contributed by atoms with Crippen molar-refractivity contribution < 1.29 is 18.4 Å². The first-order chi connectivity index (χ1) is 8.69. The molecule has 1 aromatic rings. The molecule has 0 aromatic heterocycles. The lowest BCUT2D eigenvalue weighted by atomic mass is 10.1. The van der Waals surface area contributed by atoms with Crippen molar-refractivity contribution in [3.8, 4) is 0 Å². The molecule has 0 radical (unpaired) electrons. The Hall–Kier alpha value is -1.98. The predicted molar refractivity (Wildman–Crippen MR) is 66.6 cm³/mol. The zero-order chi connectivity index (χ0) is 14.6. The highest BCUT2D eigenvalue weighted by molar-refractivity contribution is 5.96. The second-order valence-corrected chi connectivity index (χ2v) is 5.11. The average molecular weight is 270 g/mol. The van der Waals surface area contributed by atoms with E-state index < -0.39 is 34.6 Å². The number of rotatable bonds is 3. The predicted octanol–water partition coefficient (Wildman–Crippen LogP) is 1.61. The summed E-state index contributed by atoms with van der Waals surface area (Å²) >= 11 is 0. The SMILES string of the molecule is CC(C)(C)NC(=O)CNC(=O)c1cc(F)ccc1F. The van der Waals surface area contributed by atoms with Gasteiger partial charge in [-0.25, -0.2) is 8.78 Å². The summed E-state index contributed by atoms with van der Waals surface area (Å²) in [5.74, 6) is -2.79. The Morgan fingerprint density at radius 2 is 1.84 bits per heavy atom. The van der Waals surface area contributed by atoms with Crippen LogP contribution in [0.3, 0.4) is 0 Å². The van der Waals surface area contributed by atoms with Crippen LogP contribution >= 0.6 is 0 Å². The average Bonchev–Trinajstić information content (AvgIpc) is 2.27. The molecule has 2 amide bonds. The highest BCUT2D eigenvalue weighted by atomic mass is 19.1. The Kier molecular flexibility index (Phi) is 4.58. The van der Waals surface area contributed by atoms with E-state index in [4.69, 9.17) is 0 Å². The minimum Gasteiger partial charge on any atom is -0.350 e. The van der Waals surface area contributed by atoms with Gasteiger partial charge < -0.3 is 10.6 Å². The first-order valence-electron chi connectivity index (χ1n) is 5.73. The van der Waals surface area contributed by atoms with Crippen molar-refractivity contribution in [1.82, 2.24) is 10.6 Å². The Bertz CT molecular complexity index is 496. The Morgan fingerprint density at radius 1 is 1.21 bits per heavy atom. The van der Waals surface area contributed by atoms with Crippen molar-refractivity contribution in [1.29, 1.82) is 0 Å². The first kappa shape index (κ1) is 15.1. The summed E-state index contributed by atoms with van der Waals surface area (Å²) in [5, 5.41) is 4.86. The summed E-state index contributed by atoms with van der Waals surface area (Å²) in [7, 11) is 0. The third kappa shape index (κ3) is 5.03. The van der Waals surface area contributed by atoms with Gasteiger partial charge in [-0.2, -0.15) is 0 Å². The van der Waals surface area contributed by atoms with Gasteiger partial charge in [0, 0.05) is 5.54 Å². The maximum atomic E-state index is 13.3. The molecule has 4 nitrogen and oxygen atoms in total. The topological polar surface area (TPSA) is 58.2 Å².